The number of nitrogens with zero attached hydrogens (tertiary/aromatic N) is 2. The third-order valence-corrected chi connectivity index (χ3v) is 6.08. The first kappa shape index (κ1) is 26.5. The summed E-state index contributed by atoms with van der Waals surface area (Å²) in [4.78, 5) is 20.9. The number of aromatic nitrogens is 2. The van der Waals surface area contributed by atoms with Gasteiger partial charge in [0.15, 0.2) is 11.6 Å². The second kappa shape index (κ2) is 9.84. The number of thiazole rings is 1. The van der Waals surface area contributed by atoms with Crippen molar-refractivity contribution in [3.63, 3.8) is 0 Å². The summed E-state index contributed by atoms with van der Waals surface area (Å²) < 4.78 is 81.5. The van der Waals surface area contributed by atoms with Crippen molar-refractivity contribution in [2.45, 2.75) is 44.6 Å². The smallest absolute Gasteiger partial charge is 0.422 e. The van der Waals surface area contributed by atoms with Crippen LogP contribution in [0.3, 0.4) is 0 Å². The lowest BCUT2D eigenvalue weighted by Crippen LogP contribution is -2.36. The van der Waals surface area contributed by atoms with E-state index in [4.69, 9.17) is 0 Å². The Labute approximate surface area is 201 Å². The lowest BCUT2D eigenvalue weighted by Gasteiger charge is -2.28. The number of halogens is 6. The average Bonchev–Trinajstić information content (AvgIpc) is 3.27. The summed E-state index contributed by atoms with van der Waals surface area (Å²) in [5, 5.41) is 4.35. The molecule has 0 fully saturated rings. The second-order valence-electron chi connectivity index (χ2n) is 8.26. The quantitative estimate of drug-likeness (QED) is 0.365. The van der Waals surface area contributed by atoms with Gasteiger partial charge in [-0.25, -0.2) is 4.98 Å². The van der Waals surface area contributed by atoms with Crippen LogP contribution in [0.1, 0.15) is 47.9 Å². The molecule has 1 atom stereocenters. The maximum Gasteiger partial charge on any atom is 0.422 e. The first-order valence-electron chi connectivity index (χ1n) is 10.3. The molecule has 0 saturated carbocycles. The molecule has 3 aromatic rings. The Balaban J connectivity index is 1.68. The van der Waals surface area contributed by atoms with Crippen LogP contribution >= 0.6 is 11.3 Å². The van der Waals surface area contributed by atoms with Gasteiger partial charge < -0.3 is 10.1 Å². The molecule has 0 radical (unpaired) electrons. The van der Waals surface area contributed by atoms with Crippen LogP contribution in [0.15, 0.2) is 48.0 Å². The van der Waals surface area contributed by atoms with E-state index in [1.54, 1.807) is 18.4 Å². The monoisotopic (exact) mass is 517 g/mol. The molecule has 1 amide bonds. The molecular formula is C23H21F6N3O2S. The van der Waals surface area contributed by atoms with Crippen molar-refractivity contribution >= 4 is 17.2 Å². The summed E-state index contributed by atoms with van der Waals surface area (Å²) in [5.74, 6) is -0.593. The van der Waals surface area contributed by atoms with E-state index in [0.29, 0.717) is 17.0 Å². The third kappa shape index (κ3) is 6.50. The normalized spacial score (nSPS) is 13.4. The van der Waals surface area contributed by atoms with E-state index in [-0.39, 0.29) is 16.3 Å². The fourth-order valence-corrected chi connectivity index (χ4v) is 3.70. The van der Waals surface area contributed by atoms with Gasteiger partial charge in [-0.2, -0.15) is 26.3 Å². The Hall–Kier alpha value is -3.15. The lowest BCUT2D eigenvalue weighted by atomic mass is 9.83. The number of carbonyl (C=O) groups excluding carboxylic acids is 1. The molecule has 0 aliphatic rings. The van der Waals surface area contributed by atoms with Crippen molar-refractivity contribution in [3.8, 4) is 17.0 Å². The standard InChI is InChI=1S/C23H21F6N3O2S/c1-13(17-8-7-16(10-30-17)34-12-22(24,25)26)31-19(33)20-32-18(11-35-20)14-5-4-6-15(9-14)21(2,3)23(27,28)29/h4-11,13H,12H2,1-3H3,(H,31,33). The van der Waals surface area contributed by atoms with Gasteiger partial charge >= 0.3 is 12.4 Å². The predicted octanol–water partition coefficient (Wildman–Crippen LogP) is 6.48. The zero-order valence-electron chi connectivity index (χ0n) is 18.8. The third-order valence-electron chi connectivity index (χ3n) is 5.24. The zero-order valence-corrected chi connectivity index (χ0v) is 19.6. The molecule has 35 heavy (non-hydrogen) atoms. The minimum absolute atomic E-state index is 0.0647. The van der Waals surface area contributed by atoms with E-state index in [1.165, 1.54) is 30.3 Å². The van der Waals surface area contributed by atoms with Gasteiger partial charge in [-0.05, 0) is 44.5 Å². The summed E-state index contributed by atoms with van der Waals surface area (Å²) >= 11 is 1.03. The van der Waals surface area contributed by atoms with Gasteiger partial charge in [-0.3, -0.25) is 9.78 Å². The van der Waals surface area contributed by atoms with Crippen LogP contribution in [0.5, 0.6) is 5.75 Å². The first-order chi connectivity index (χ1) is 16.2. The molecule has 0 aliphatic carbocycles. The van der Waals surface area contributed by atoms with Crippen LogP contribution in [-0.4, -0.2) is 34.8 Å². The molecule has 5 nitrogen and oxygen atoms in total. The number of carbonyl (C=O) groups is 1. The molecular weight excluding hydrogens is 496 g/mol. The summed E-state index contributed by atoms with van der Waals surface area (Å²) in [6, 6.07) is 8.06. The maximum absolute atomic E-state index is 13.4. The first-order valence-corrected chi connectivity index (χ1v) is 11.1. The molecule has 2 heterocycles. The van der Waals surface area contributed by atoms with Crippen molar-refractivity contribution in [2.24, 2.45) is 0 Å². The number of amides is 1. The molecule has 1 N–H and O–H groups in total. The zero-order chi connectivity index (χ0) is 26.0. The van der Waals surface area contributed by atoms with Crippen molar-refractivity contribution in [3.05, 3.63) is 64.2 Å². The van der Waals surface area contributed by atoms with Crippen LogP contribution in [0.4, 0.5) is 26.3 Å². The highest BCUT2D eigenvalue weighted by Gasteiger charge is 2.48. The van der Waals surface area contributed by atoms with Crippen LogP contribution in [0, 0.1) is 0 Å². The van der Waals surface area contributed by atoms with Crippen LogP contribution in [-0.2, 0) is 5.41 Å². The van der Waals surface area contributed by atoms with E-state index < -0.39 is 36.3 Å². The van der Waals surface area contributed by atoms with Crippen LogP contribution in [0.2, 0.25) is 0 Å². The molecule has 0 bridgehead atoms. The largest absolute Gasteiger partial charge is 0.483 e. The lowest BCUT2D eigenvalue weighted by molar-refractivity contribution is -0.180. The highest BCUT2D eigenvalue weighted by molar-refractivity contribution is 7.12. The number of benzene rings is 1. The SMILES string of the molecule is CC(NC(=O)c1nc(-c2cccc(C(C)(C)C(F)(F)F)c2)cs1)c1ccc(OCC(F)(F)F)cn1. The van der Waals surface area contributed by atoms with Crippen molar-refractivity contribution < 1.29 is 35.9 Å². The Morgan fingerprint density at radius 3 is 2.43 bits per heavy atom. The number of ether oxygens (including phenoxy) is 1. The number of alkyl halides is 6. The van der Waals surface area contributed by atoms with Gasteiger partial charge in [-0.15, -0.1) is 11.3 Å². The van der Waals surface area contributed by atoms with Gasteiger partial charge in [0.25, 0.3) is 5.91 Å². The molecule has 2 aromatic heterocycles. The van der Waals surface area contributed by atoms with Gasteiger partial charge in [0, 0.05) is 10.9 Å². The molecule has 1 aromatic carbocycles. The second-order valence-corrected chi connectivity index (χ2v) is 9.12. The minimum atomic E-state index is -4.47. The molecule has 0 spiro atoms. The Kier molecular flexibility index (Phi) is 7.44. The number of pyridine rings is 1. The van der Waals surface area contributed by atoms with E-state index >= 15 is 0 Å². The summed E-state index contributed by atoms with van der Waals surface area (Å²) in [7, 11) is 0. The van der Waals surface area contributed by atoms with Crippen molar-refractivity contribution in [1.29, 1.82) is 0 Å². The fraction of sp³-hybridized carbons (Fsp3) is 0.348. The van der Waals surface area contributed by atoms with E-state index in [2.05, 4.69) is 20.0 Å². The van der Waals surface area contributed by atoms with Gasteiger partial charge in [-0.1, -0.05) is 18.2 Å². The van der Waals surface area contributed by atoms with E-state index in [9.17, 15) is 31.1 Å². The van der Waals surface area contributed by atoms with Crippen molar-refractivity contribution in [1.82, 2.24) is 15.3 Å². The van der Waals surface area contributed by atoms with Crippen LogP contribution in [0.25, 0.3) is 11.3 Å². The van der Waals surface area contributed by atoms with E-state index in [1.807, 2.05) is 0 Å². The molecule has 188 valence electrons. The molecule has 1 unspecified atom stereocenters. The molecule has 3 rings (SSSR count). The number of hydrogen-bond acceptors (Lipinski definition) is 5. The number of nitrogens with one attached hydrogen (secondary N) is 1. The highest BCUT2D eigenvalue weighted by Crippen LogP contribution is 2.41. The molecule has 0 saturated heterocycles. The fourth-order valence-electron chi connectivity index (χ4n) is 2.97. The summed E-state index contributed by atoms with van der Waals surface area (Å²) in [6.45, 7) is 2.38. The van der Waals surface area contributed by atoms with E-state index in [0.717, 1.165) is 31.4 Å². The topological polar surface area (TPSA) is 64.1 Å². The average molecular weight is 517 g/mol. The van der Waals surface area contributed by atoms with Crippen LogP contribution < -0.4 is 10.1 Å². The van der Waals surface area contributed by atoms with Gasteiger partial charge in [0.05, 0.1) is 29.0 Å². The van der Waals surface area contributed by atoms with Crippen molar-refractivity contribution in [2.75, 3.05) is 6.61 Å². The number of rotatable bonds is 7. The summed E-state index contributed by atoms with van der Waals surface area (Å²) in [5.41, 5.74) is -0.800. The molecule has 0 aliphatic heterocycles. The number of hydrogen-bond donors (Lipinski definition) is 1. The minimum Gasteiger partial charge on any atom is -0.483 e. The Morgan fingerprint density at radius 2 is 1.83 bits per heavy atom. The predicted molar refractivity (Wildman–Crippen MR) is 118 cm³/mol. The Bertz CT molecular complexity index is 1170. The highest BCUT2D eigenvalue weighted by atomic mass is 32.1. The maximum atomic E-state index is 13.4. The molecule has 12 heteroatoms. The van der Waals surface area contributed by atoms with Gasteiger partial charge in [0.2, 0.25) is 0 Å². The Morgan fingerprint density at radius 1 is 1.11 bits per heavy atom. The van der Waals surface area contributed by atoms with Gasteiger partial charge in [0.1, 0.15) is 5.75 Å². The summed E-state index contributed by atoms with van der Waals surface area (Å²) in [6.07, 6.45) is -7.78.